The Morgan fingerprint density at radius 1 is 1.28 bits per heavy atom. The number of aromatic nitrogens is 1. The van der Waals surface area contributed by atoms with Gasteiger partial charge in [0.05, 0.1) is 10.2 Å². The highest BCUT2D eigenvalue weighted by atomic mass is 32.1. The van der Waals surface area contributed by atoms with Crippen molar-refractivity contribution in [1.29, 1.82) is 0 Å². The van der Waals surface area contributed by atoms with E-state index in [4.69, 9.17) is 5.73 Å². The molecule has 1 aromatic carbocycles. The van der Waals surface area contributed by atoms with Crippen molar-refractivity contribution >= 4 is 26.7 Å². The van der Waals surface area contributed by atoms with E-state index in [9.17, 15) is 0 Å². The Bertz CT molecular complexity index is 529. The van der Waals surface area contributed by atoms with Crippen molar-refractivity contribution < 1.29 is 0 Å². The van der Waals surface area contributed by atoms with Gasteiger partial charge in [-0.3, -0.25) is 0 Å². The van der Waals surface area contributed by atoms with Crippen LogP contribution in [0.5, 0.6) is 0 Å². The summed E-state index contributed by atoms with van der Waals surface area (Å²) >= 11 is 1.59. The number of nitrogen functional groups attached to an aromatic ring is 1. The van der Waals surface area contributed by atoms with Gasteiger partial charge in [0.15, 0.2) is 5.13 Å². The zero-order valence-electron chi connectivity index (χ0n) is 10.9. The number of thiazole rings is 1. The first kappa shape index (κ1) is 11.9. The quantitative estimate of drug-likeness (QED) is 0.923. The molecule has 3 rings (SSSR count). The number of benzene rings is 1. The van der Waals surface area contributed by atoms with Crippen LogP contribution in [0.3, 0.4) is 0 Å². The maximum atomic E-state index is 5.77. The van der Waals surface area contributed by atoms with E-state index in [-0.39, 0.29) is 0 Å². The molecule has 2 N–H and O–H groups in total. The van der Waals surface area contributed by atoms with E-state index >= 15 is 0 Å². The van der Waals surface area contributed by atoms with E-state index in [0.29, 0.717) is 11.2 Å². The lowest BCUT2D eigenvalue weighted by atomic mass is 10.1. The molecule has 18 heavy (non-hydrogen) atoms. The Hall–Kier alpha value is -1.13. The fourth-order valence-electron chi connectivity index (χ4n) is 3.04. The Morgan fingerprint density at radius 3 is 2.61 bits per heavy atom. The van der Waals surface area contributed by atoms with Crippen LogP contribution in [0.25, 0.3) is 10.2 Å². The van der Waals surface area contributed by atoms with Gasteiger partial charge in [0, 0.05) is 6.04 Å². The summed E-state index contributed by atoms with van der Waals surface area (Å²) in [5.74, 6) is 0. The Balaban J connectivity index is 1.93. The van der Waals surface area contributed by atoms with Crippen molar-refractivity contribution in [2.45, 2.75) is 32.7 Å². The van der Waals surface area contributed by atoms with E-state index in [0.717, 1.165) is 25.0 Å². The number of rotatable bonds is 3. The van der Waals surface area contributed by atoms with Crippen molar-refractivity contribution in [3.63, 3.8) is 0 Å². The number of hydrogen-bond acceptors (Lipinski definition) is 4. The molecule has 1 aliphatic carbocycles. The average Bonchev–Trinajstić information content (AvgIpc) is 2.88. The van der Waals surface area contributed by atoms with Gasteiger partial charge in [-0.25, -0.2) is 4.98 Å². The molecule has 0 fully saturated rings. The first-order valence-corrected chi connectivity index (χ1v) is 7.44. The molecule has 0 spiro atoms. The summed E-state index contributed by atoms with van der Waals surface area (Å²) in [6.45, 7) is 6.75. The second-order valence-electron chi connectivity index (χ2n) is 4.92. The van der Waals surface area contributed by atoms with Crippen LogP contribution >= 0.6 is 11.3 Å². The predicted molar refractivity (Wildman–Crippen MR) is 78.1 cm³/mol. The van der Waals surface area contributed by atoms with Gasteiger partial charge in [0.25, 0.3) is 0 Å². The van der Waals surface area contributed by atoms with Crippen LogP contribution in [0.15, 0.2) is 12.1 Å². The van der Waals surface area contributed by atoms with Crippen molar-refractivity contribution in [3.8, 4) is 0 Å². The summed E-state index contributed by atoms with van der Waals surface area (Å²) in [6.07, 6.45) is 2.33. The van der Waals surface area contributed by atoms with E-state index in [2.05, 4.69) is 35.9 Å². The maximum absolute atomic E-state index is 5.77. The molecule has 1 atom stereocenters. The molecular weight excluding hydrogens is 242 g/mol. The summed E-state index contributed by atoms with van der Waals surface area (Å²) in [5.41, 5.74) is 9.79. The van der Waals surface area contributed by atoms with Gasteiger partial charge < -0.3 is 10.6 Å². The van der Waals surface area contributed by atoms with Crippen molar-refractivity contribution in [2.75, 3.05) is 18.8 Å². The highest BCUT2D eigenvalue weighted by molar-refractivity contribution is 7.22. The van der Waals surface area contributed by atoms with E-state index < -0.39 is 0 Å². The molecule has 1 aliphatic rings. The first-order chi connectivity index (χ1) is 8.71. The molecule has 1 aromatic heterocycles. The summed E-state index contributed by atoms with van der Waals surface area (Å²) in [4.78, 5) is 6.94. The van der Waals surface area contributed by atoms with Crippen LogP contribution in [0.4, 0.5) is 5.13 Å². The molecule has 0 saturated carbocycles. The van der Waals surface area contributed by atoms with Crippen LogP contribution in [-0.2, 0) is 12.8 Å². The van der Waals surface area contributed by atoms with Crippen molar-refractivity contribution in [3.05, 3.63) is 23.3 Å². The Kier molecular flexibility index (Phi) is 2.99. The number of anilines is 1. The number of fused-ring (bicyclic) bond motifs is 2. The predicted octanol–water partition coefficient (Wildman–Crippen LogP) is 2.69. The second kappa shape index (κ2) is 4.52. The molecular formula is C14H19N3S. The first-order valence-electron chi connectivity index (χ1n) is 6.63. The van der Waals surface area contributed by atoms with Gasteiger partial charge >= 0.3 is 0 Å². The minimum atomic E-state index is 0.670. The van der Waals surface area contributed by atoms with Gasteiger partial charge in [-0.15, -0.1) is 0 Å². The van der Waals surface area contributed by atoms with E-state index in [1.165, 1.54) is 22.2 Å². The second-order valence-corrected chi connectivity index (χ2v) is 5.99. The lowest BCUT2D eigenvalue weighted by molar-refractivity contribution is 0.223. The third kappa shape index (κ3) is 1.89. The third-order valence-electron chi connectivity index (χ3n) is 3.97. The van der Waals surface area contributed by atoms with Crippen LogP contribution in [0.1, 0.15) is 25.0 Å². The average molecular weight is 261 g/mol. The number of nitrogens with two attached hydrogens (primary N) is 1. The molecule has 0 aliphatic heterocycles. The molecule has 0 amide bonds. The highest BCUT2D eigenvalue weighted by Gasteiger charge is 2.26. The molecule has 3 nitrogen and oxygen atoms in total. The normalized spacial score (nSPS) is 18.7. The monoisotopic (exact) mass is 261 g/mol. The molecule has 0 unspecified atom stereocenters. The van der Waals surface area contributed by atoms with Gasteiger partial charge in [-0.1, -0.05) is 25.2 Å². The van der Waals surface area contributed by atoms with E-state index in [1.54, 1.807) is 11.3 Å². The molecule has 1 heterocycles. The SMILES string of the molecule is CCN(CC)[C@@H]1Cc2cc3nc(N)sc3cc2C1. The molecule has 0 radical (unpaired) electrons. The lowest BCUT2D eigenvalue weighted by Crippen LogP contribution is -2.35. The van der Waals surface area contributed by atoms with Crippen LogP contribution in [-0.4, -0.2) is 29.0 Å². The van der Waals surface area contributed by atoms with Gasteiger partial charge in [-0.05, 0) is 49.2 Å². The van der Waals surface area contributed by atoms with Crippen molar-refractivity contribution in [1.82, 2.24) is 9.88 Å². The molecule has 2 aromatic rings. The fourth-order valence-corrected chi connectivity index (χ4v) is 3.81. The number of hydrogen-bond donors (Lipinski definition) is 1. The largest absolute Gasteiger partial charge is 0.375 e. The fraction of sp³-hybridized carbons (Fsp3) is 0.500. The van der Waals surface area contributed by atoms with Gasteiger partial charge in [0.2, 0.25) is 0 Å². The van der Waals surface area contributed by atoms with Crippen LogP contribution in [0.2, 0.25) is 0 Å². The number of likely N-dealkylation sites (N-methyl/N-ethyl adjacent to an activating group) is 1. The molecule has 96 valence electrons. The molecule has 0 bridgehead atoms. The summed E-state index contributed by atoms with van der Waals surface area (Å²) in [6, 6.07) is 5.20. The van der Waals surface area contributed by atoms with Crippen LogP contribution in [0, 0.1) is 0 Å². The van der Waals surface area contributed by atoms with E-state index in [1.807, 2.05) is 0 Å². The van der Waals surface area contributed by atoms with Gasteiger partial charge in [-0.2, -0.15) is 0 Å². The summed E-state index contributed by atoms with van der Waals surface area (Å²) in [5, 5.41) is 0.675. The summed E-state index contributed by atoms with van der Waals surface area (Å²) in [7, 11) is 0. The minimum Gasteiger partial charge on any atom is -0.375 e. The lowest BCUT2D eigenvalue weighted by Gasteiger charge is -2.25. The third-order valence-corrected chi connectivity index (χ3v) is 4.81. The van der Waals surface area contributed by atoms with Crippen LogP contribution < -0.4 is 5.73 Å². The van der Waals surface area contributed by atoms with Gasteiger partial charge in [0.1, 0.15) is 0 Å². The van der Waals surface area contributed by atoms with Crippen molar-refractivity contribution in [2.24, 2.45) is 0 Å². The Morgan fingerprint density at radius 2 is 1.94 bits per heavy atom. The number of nitrogens with zero attached hydrogens (tertiary/aromatic N) is 2. The standard InChI is InChI=1S/C14H19N3S/c1-3-17(4-2)11-5-9-7-12-13(8-10(9)6-11)18-14(15)16-12/h7-8,11H,3-6H2,1-2H3,(H2,15,16)/t11-/m1/s1. The zero-order valence-corrected chi connectivity index (χ0v) is 11.8. The smallest absolute Gasteiger partial charge is 0.181 e. The topological polar surface area (TPSA) is 42.2 Å². The summed E-state index contributed by atoms with van der Waals surface area (Å²) < 4.78 is 1.23. The molecule has 4 heteroatoms. The Labute approximate surface area is 112 Å². The molecule has 0 saturated heterocycles. The maximum Gasteiger partial charge on any atom is 0.181 e. The highest BCUT2D eigenvalue weighted by Crippen LogP contribution is 2.32. The minimum absolute atomic E-state index is 0.670. The zero-order chi connectivity index (χ0) is 12.7.